The highest BCUT2D eigenvalue weighted by Crippen LogP contribution is 2.44. The molecule has 1 aromatic carbocycles. The molecule has 0 spiro atoms. The van der Waals surface area contributed by atoms with Crippen LogP contribution in [-0.2, 0) is 15.1 Å². The molecule has 2 heterocycles. The van der Waals surface area contributed by atoms with E-state index in [9.17, 15) is 14.9 Å². The van der Waals surface area contributed by atoms with E-state index in [0.717, 1.165) is 12.8 Å². The smallest absolute Gasteiger partial charge is 0.340 e. The minimum atomic E-state index is -1.13. The highest BCUT2D eigenvalue weighted by atomic mass is 16.6. The van der Waals surface area contributed by atoms with Crippen LogP contribution in [0.5, 0.6) is 0 Å². The molecule has 1 saturated heterocycles. The number of benzene rings is 1. The second-order valence-corrected chi connectivity index (χ2v) is 5.70. The molecule has 1 aromatic rings. The van der Waals surface area contributed by atoms with Crippen LogP contribution in [0.25, 0.3) is 0 Å². The molecule has 0 bridgehead atoms. The Hall–Kier alpha value is -2.44. The highest BCUT2D eigenvalue weighted by Gasteiger charge is 2.56. The SMILES string of the molecule is COC(=O)[C@]1(c2ccc([N+](=O)[O-])cc2)N=CN2[C@H](C)CC[C@H]21. The number of non-ortho nitro benzene ring substituents is 1. The summed E-state index contributed by atoms with van der Waals surface area (Å²) in [5.41, 5.74) is -0.514. The van der Waals surface area contributed by atoms with Crippen LogP contribution in [0.3, 0.4) is 0 Å². The van der Waals surface area contributed by atoms with Gasteiger partial charge in [-0.25, -0.2) is 4.79 Å². The van der Waals surface area contributed by atoms with Crippen LogP contribution in [-0.4, -0.2) is 41.3 Å². The Morgan fingerprint density at radius 2 is 2.09 bits per heavy atom. The quantitative estimate of drug-likeness (QED) is 0.483. The van der Waals surface area contributed by atoms with Crippen molar-refractivity contribution in [3.05, 3.63) is 39.9 Å². The van der Waals surface area contributed by atoms with Crippen molar-refractivity contribution in [2.24, 2.45) is 4.99 Å². The zero-order valence-corrected chi connectivity index (χ0v) is 12.4. The molecular weight excluding hydrogens is 286 g/mol. The minimum absolute atomic E-state index is 0.0117. The van der Waals surface area contributed by atoms with Gasteiger partial charge in [0, 0.05) is 18.2 Å². The van der Waals surface area contributed by atoms with E-state index >= 15 is 0 Å². The Kier molecular flexibility index (Phi) is 3.35. The van der Waals surface area contributed by atoms with Crippen molar-refractivity contribution in [2.45, 2.75) is 37.4 Å². The number of fused-ring (bicyclic) bond motifs is 1. The number of ether oxygens (including phenoxy) is 1. The van der Waals surface area contributed by atoms with Gasteiger partial charge in [-0.2, -0.15) is 0 Å². The van der Waals surface area contributed by atoms with Crippen LogP contribution < -0.4 is 0 Å². The number of carbonyl (C=O) groups excluding carboxylic acids is 1. The lowest BCUT2D eigenvalue weighted by Gasteiger charge is -2.32. The number of hydrogen-bond donors (Lipinski definition) is 0. The number of aliphatic imine (C=N–C) groups is 1. The normalized spacial score (nSPS) is 29.5. The van der Waals surface area contributed by atoms with Crippen LogP contribution in [0.15, 0.2) is 29.3 Å². The zero-order chi connectivity index (χ0) is 15.9. The van der Waals surface area contributed by atoms with Gasteiger partial charge in [-0.3, -0.25) is 15.1 Å². The first-order valence-corrected chi connectivity index (χ1v) is 7.17. The number of hydrogen-bond acceptors (Lipinski definition) is 6. The number of nitrogens with zero attached hydrogens (tertiary/aromatic N) is 3. The molecule has 116 valence electrons. The van der Waals surface area contributed by atoms with E-state index in [2.05, 4.69) is 16.8 Å². The first kappa shape index (κ1) is 14.5. The first-order chi connectivity index (χ1) is 10.5. The Labute approximate surface area is 127 Å². The largest absolute Gasteiger partial charge is 0.467 e. The Morgan fingerprint density at radius 3 is 2.68 bits per heavy atom. The molecule has 0 aliphatic carbocycles. The van der Waals surface area contributed by atoms with Crippen molar-refractivity contribution in [3.63, 3.8) is 0 Å². The van der Waals surface area contributed by atoms with E-state index < -0.39 is 16.4 Å². The van der Waals surface area contributed by atoms with Gasteiger partial charge in [0.25, 0.3) is 5.69 Å². The highest BCUT2D eigenvalue weighted by molar-refractivity contribution is 5.88. The van der Waals surface area contributed by atoms with Crippen LogP contribution >= 0.6 is 0 Å². The molecule has 3 rings (SSSR count). The molecule has 22 heavy (non-hydrogen) atoms. The zero-order valence-electron chi connectivity index (χ0n) is 12.4. The summed E-state index contributed by atoms with van der Waals surface area (Å²) >= 11 is 0. The number of carbonyl (C=O) groups is 1. The summed E-state index contributed by atoms with van der Waals surface area (Å²) in [7, 11) is 1.34. The molecule has 7 heteroatoms. The summed E-state index contributed by atoms with van der Waals surface area (Å²) in [6, 6.07) is 6.21. The fraction of sp³-hybridized carbons (Fsp3) is 0.467. The van der Waals surface area contributed by atoms with Gasteiger partial charge < -0.3 is 9.64 Å². The number of rotatable bonds is 3. The first-order valence-electron chi connectivity index (χ1n) is 7.17. The number of methoxy groups -OCH3 is 1. The molecule has 0 unspecified atom stereocenters. The predicted molar refractivity (Wildman–Crippen MR) is 79.6 cm³/mol. The average Bonchev–Trinajstić information content (AvgIpc) is 3.08. The summed E-state index contributed by atoms with van der Waals surface area (Å²) in [5.74, 6) is -0.431. The minimum Gasteiger partial charge on any atom is -0.467 e. The molecule has 3 atom stereocenters. The van der Waals surface area contributed by atoms with Crippen molar-refractivity contribution >= 4 is 18.0 Å². The van der Waals surface area contributed by atoms with Gasteiger partial charge in [0.05, 0.1) is 24.4 Å². The molecule has 2 aliphatic rings. The van der Waals surface area contributed by atoms with Gasteiger partial charge >= 0.3 is 5.97 Å². The van der Waals surface area contributed by atoms with Gasteiger partial charge in [0.2, 0.25) is 5.54 Å². The molecule has 1 fully saturated rings. The van der Waals surface area contributed by atoms with Crippen LogP contribution in [0, 0.1) is 10.1 Å². The maximum atomic E-state index is 12.5. The number of esters is 1. The fourth-order valence-corrected chi connectivity index (χ4v) is 3.43. The summed E-state index contributed by atoms with van der Waals surface area (Å²) in [6.07, 6.45) is 3.51. The molecule has 0 aromatic heterocycles. The molecule has 0 radical (unpaired) electrons. The van der Waals surface area contributed by atoms with Crippen LogP contribution in [0.2, 0.25) is 0 Å². The lowest BCUT2D eigenvalue weighted by atomic mass is 9.82. The molecule has 0 N–H and O–H groups in total. The van der Waals surface area contributed by atoms with Gasteiger partial charge in [-0.15, -0.1) is 0 Å². The standard InChI is InChI=1S/C15H17N3O4/c1-10-3-8-13-15(14(19)22-2,16-9-17(10)13)11-4-6-12(7-5-11)18(20)21/h4-7,9-10,13H,3,8H2,1-2H3/t10-,13+,15-/m1/s1. The van der Waals surface area contributed by atoms with E-state index in [-0.39, 0.29) is 11.7 Å². The maximum Gasteiger partial charge on any atom is 0.340 e. The summed E-state index contributed by atoms with van der Waals surface area (Å²) in [5, 5.41) is 10.8. The van der Waals surface area contributed by atoms with Gasteiger partial charge in [0.15, 0.2) is 0 Å². The van der Waals surface area contributed by atoms with Crippen molar-refractivity contribution < 1.29 is 14.5 Å². The van der Waals surface area contributed by atoms with E-state index in [1.54, 1.807) is 18.5 Å². The maximum absolute atomic E-state index is 12.5. The Morgan fingerprint density at radius 1 is 1.41 bits per heavy atom. The number of nitro benzene ring substituents is 1. The second kappa shape index (κ2) is 5.08. The molecule has 7 nitrogen and oxygen atoms in total. The monoisotopic (exact) mass is 303 g/mol. The van der Waals surface area contributed by atoms with Gasteiger partial charge in [0.1, 0.15) is 0 Å². The molecular formula is C15H17N3O4. The van der Waals surface area contributed by atoms with E-state index in [1.165, 1.54) is 19.2 Å². The van der Waals surface area contributed by atoms with Crippen LogP contribution in [0.1, 0.15) is 25.3 Å². The predicted octanol–water partition coefficient (Wildman–Crippen LogP) is 1.86. The fourth-order valence-electron chi connectivity index (χ4n) is 3.43. The topological polar surface area (TPSA) is 85.0 Å². The lowest BCUT2D eigenvalue weighted by molar-refractivity contribution is -0.384. The third kappa shape index (κ3) is 1.88. The third-order valence-corrected chi connectivity index (χ3v) is 4.62. The number of nitro groups is 1. The van der Waals surface area contributed by atoms with E-state index in [1.807, 2.05) is 0 Å². The Balaban J connectivity index is 2.06. The van der Waals surface area contributed by atoms with Gasteiger partial charge in [-0.05, 0) is 37.5 Å². The van der Waals surface area contributed by atoms with Crippen molar-refractivity contribution in [2.75, 3.05) is 7.11 Å². The average molecular weight is 303 g/mol. The lowest BCUT2D eigenvalue weighted by Crippen LogP contribution is -2.47. The van der Waals surface area contributed by atoms with E-state index in [0.29, 0.717) is 11.6 Å². The molecule has 0 saturated carbocycles. The van der Waals surface area contributed by atoms with Crippen LogP contribution in [0.4, 0.5) is 5.69 Å². The van der Waals surface area contributed by atoms with Gasteiger partial charge in [-0.1, -0.05) is 0 Å². The van der Waals surface area contributed by atoms with Crippen molar-refractivity contribution in [3.8, 4) is 0 Å². The summed E-state index contributed by atoms with van der Waals surface area (Å²) in [4.78, 5) is 29.4. The van der Waals surface area contributed by atoms with E-state index in [4.69, 9.17) is 4.74 Å². The molecule has 0 amide bonds. The second-order valence-electron chi connectivity index (χ2n) is 5.70. The third-order valence-electron chi connectivity index (χ3n) is 4.62. The van der Waals surface area contributed by atoms with Crippen molar-refractivity contribution in [1.29, 1.82) is 0 Å². The summed E-state index contributed by atoms with van der Waals surface area (Å²) < 4.78 is 5.00. The summed E-state index contributed by atoms with van der Waals surface area (Å²) in [6.45, 7) is 2.09. The van der Waals surface area contributed by atoms with Crippen molar-refractivity contribution in [1.82, 2.24) is 4.90 Å². The Bertz CT molecular complexity index is 643. The molecule has 2 aliphatic heterocycles.